The number of ether oxygens (including phenoxy) is 1. The number of hydrogen-bond donors (Lipinski definition) is 2. The van der Waals surface area contributed by atoms with Crippen LogP contribution < -0.4 is 5.32 Å². The second kappa shape index (κ2) is 6.68. The molecule has 2 aliphatic heterocycles. The van der Waals surface area contributed by atoms with Crippen LogP contribution in [-0.2, 0) is 11.2 Å². The van der Waals surface area contributed by atoms with Crippen molar-refractivity contribution < 1.29 is 9.84 Å². The number of likely N-dealkylation sites (tertiary alicyclic amines) is 1. The number of nitrogens with zero attached hydrogens (tertiary/aromatic N) is 3. The Bertz CT molecular complexity index is 463. The normalized spacial score (nSPS) is 27.9. The van der Waals surface area contributed by atoms with Gasteiger partial charge in [-0.25, -0.2) is 9.97 Å². The number of aliphatic hydroxyl groups excluding tert-OH is 1. The molecule has 0 amide bonds. The second-order valence-corrected chi connectivity index (χ2v) is 6.00. The minimum Gasteiger partial charge on any atom is -0.389 e. The second-order valence-electron chi connectivity index (χ2n) is 6.00. The van der Waals surface area contributed by atoms with Crippen LogP contribution in [0.2, 0.25) is 0 Å². The molecule has 3 heterocycles. The van der Waals surface area contributed by atoms with Crippen molar-refractivity contribution >= 4 is 5.82 Å². The van der Waals surface area contributed by atoms with E-state index in [-0.39, 0.29) is 12.1 Å². The Balaban J connectivity index is 1.51. The van der Waals surface area contributed by atoms with Gasteiger partial charge in [-0.2, -0.15) is 0 Å². The molecule has 0 unspecified atom stereocenters. The molecule has 0 spiro atoms. The number of aromatic nitrogens is 2. The number of anilines is 1. The maximum absolute atomic E-state index is 9.91. The van der Waals surface area contributed by atoms with Gasteiger partial charge in [-0.05, 0) is 38.3 Å². The van der Waals surface area contributed by atoms with E-state index in [1.165, 1.54) is 0 Å². The van der Waals surface area contributed by atoms with Gasteiger partial charge >= 0.3 is 0 Å². The van der Waals surface area contributed by atoms with Crippen LogP contribution in [-0.4, -0.2) is 65.5 Å². The van der Waals surface area contributed by atoms with Crippen molar-refractivity contribution in [2.24, 2.45) is 5.92 Å². The molecule has 3 rings (SSSR count). The summed E-state index contributed by atoms with van der Waals surface area (Å²) in [6.45, 7) is 3.24. The number of piperidine rings is 1. The first kappa shape index (κ1) is 14.7. The van der Waals surface area contributed by atoms with Crippen LogP contribution >= 0.6 is 0 Å². The van der Waals surface area contributed by atoms with Crippen LogP contribution in [0.15, 0.2) is 12.4 Å². The van der Waals surface area contributed by atoms with Gasteiger partial charge in [0.2, 0.25) is 0 Å². The molecule has 21 heavy (non-hydrogen) atoms. The fraction of sp³-hybridized carbons (Fsp3) is 0.733. The van der Waals surface area contributed by atoms with Crippen molar-refractivity contribution in [2.45, 2.75) is 31.4 Å². The lowest BCUT2D eigenvalue weighted by Crippen LogP contribution is -2.47. The molecule has 1 aromatic rings. The zero-order chi connectivity index (χ0) is 14.7. The molecule has 0 bridgehead atoms. The molecular weight excluding hydrogens is 268 g/mol. The Morgan fingerprint density at radius 3 is 2.81 bits per heavy atom. The van der Waals surface area contributed by atoms with Gasteiger partial charge in [-0.15, -0.1) is 0 Å². The molecule has 6 nitrogen and oxygen atoms in total. The Labute approximate surface area is 125 Å². The average Bonchev–Trinajstić information content (AvgIpc) is 2.94. The van der Waals surface area contributed by atoms with Crippen LogP contribution in [0.5, 0.6) is 0 Å². The molecule has 2 aliphatic rings. The van der Waals surface area contributed by atoms with E-state index >= 15 is 0 Å². The van der Waals surface area contributed by atoms with Gasteiger partial charge in [-0.3, -0.25) is 4.90 Å². The minimum absolute atomic E-state index is 0.195. The Hall–Kier alpha value is -1.24. The molecule has 2 N–H and O–H groups in total. The van der Waals surface area contributed by atoms with Gasteiger partial charge in [-0.1, -0.05) is 0 Å². The quantitative estimate of drug-likeness (QED) is 0.844. The van der Waals surface area contributed by atoms with Crippen molar-refractivity contribution in [2.75, 3.05) is 38.7 Å². The summed E-state index contributed by atoms with van der Waals surface area (Å²) in [7, 11) is 1.87. The highest BCUT2D eigenvalue weighted by Crippen LogP contribution is 2.25. The zero-order valence-electron chi connectivity index (χ0n) is 12.5. The van der Waals surface area contributed by atoms with E-state index in [9.17, 15) is 5.11 Å². The third-order valence-electron chi connectivity index (χ3n) is 4.62. The van der Waals surface area contributed by atoms with E-state index in [1.807, 2.05) is 13.1 Å². The van der Waals surface area contributed by atoms with E-state index in [2.05, 4.69) is 20.2 Å². The van der Waals surface area contributed by atoms with Gasteiger partial charge in [0.25, 0.3) is 0 Å². The summed E-state index contributed by atoms with van der Waals surface area (Å²) in [5.41, 5.74) is 1.11. The van der Waals surface area contributed by atoms with E-state index in [0.717, 1.165) is 43.9 Å². The van der Waals surface area contributed by atoms with E-state index in [0.29, 0.717) is 19.1 Å². The van der Waals surface area contributed by atoms with Crippen molar-refractivity contribution in [3.8, 4) is 0 Å². The van der Waals surface area contributed by atoms with Gasteiger partial charge in [0, 0.05) is 18.8 Å². The van der Waals surface area contributed by atoms with E-state index in [1.54, 1.807) is 6.33 Å². The van der Waals surface area contributed by atoms with Gasteiger partial charge in [0.05, 0.1) is 25.4 Å². The van der Waals surface area contributed by atoms with Crippen LogP contribution in [0.1, 0.15) is 18.5 Å². The predicted octanol–water partition coefficient (Wildman–Crippen LogP) is 0.532. The first-order valence-corrected chi connectivity index (χ1v) is 7.75. The Morgan fingerprint density at radius 1 is 1.33 bits per heavy atom. The van der Waals surface area contributed by atoms with Crippen molar-refractivity contribution in [1.82, 2.24) is 14.9 Å². The summed E-state index contributed by atoms with van der Waals surface area (Å²) in [4.78, 5) is 10.9. The monoisotopic (exact) mass is 292 g/mol. The number of rotatable bonds is 4. The maximum Gasteiger partial charge on any atom is 0.129 e. The third-order valence-corrected chi connectivity index (χ3v) is 4.62. The van der Waals surface area contributed by atoms with Gasteiger partial charge < -0.3 is 15.2 Å². The third kappa shape index (κ3) is 3.51. The summed E-state index contributed by atoms with van der Waals surface area (Å²) >= 11 is 0. The molecule has 2 fully saturated rings. The van der Waals surface area contributed by atoms with Crippen molar-refractivity contribution in [1.29, 1.82) is 0 Å². The van der Waals surface area contributed by atoms with Crippen LogP contribution in [0.4, 0.5) is 5.82 Å². The first-order valence-electron chi connectivity index (χ1n) is 7.75. The summed E-state index contributed by atoms with van der Waals surface area (Å²) in [6.07, 6.45) is 4.63. The number of aliphatic hydroxyl groups is 1. The smallest absolute Gasteiger partial charge is 0.129 e. The fourth-order valence-electron chi connectivity index (χ4n) is 3.31. The molecule has 116 valence electrons. The summed E-state index contributed by atoms with van der Waals surface area (Å²) in [5.74, 6) is 1.55. The molecule has 1 aromatic heterocycles. The lowest BCUT2D eigenvalue weighted by atomic mass is 9.91. The number of hydrogen-bond acceptors (Lipinski definition) is 6. The van der Waals surface area contributed by atoms with Crippen LogP contribution in [0.25, 0.3) is 0 Å². The van der Waals surface area contributed by atoms with Crippen LogP contribution in [0.3, 0.4) is 0 Å². The first-order chi connectivity index (χ1) is 10.3. The van der Waals surface area contributed by atoms with Gasteiger partial charge in [0.15, 0.2) is 0 Å². The summed E-state index contributed by atoms with van der Waals surface area (Å²) < 4.78 is 5.36. The predicted molar refractivity (Wildman–Crippen MR) is 80.2 cm³/mol. The lowest BCUT2D eigenvalue weighted by Gasteiger charge is -2.36. The Kier molecular flexibility index (Phi) is 4.67. The van der Waals surface area contributed by atoms with Gasteiger partial charge in [0.1, 0.15) is 12.1 Å². The number of nitrogens with one attached hydrogen (secondary N) is 1. The summed E-state index contributed by atoms with van der Waals surface area (Å²) in [5, 5.41) is 13.0. The Morgan fingerprint density at radius 2 is 2.14 bits per heavy atom. The highest BCUT2D eigenvalue weighted by molar-refractivity contribution is 5.33. The molecule has 0 radical (unpaired) electrons. The van der Waals surface area contributed by atoms with Crippen molar-refractivity contribution in [3.05, 3.63) is 18.1 Å². The molecule has 6 heteroatoms. The molecule has 0 saturated carbocycles. The highest BCUT2D eigenvalue weighted by atomic mass is 16.5. The topological polar surface area (TPSA) is 70.5 Å². The van der Waals surface area contributed by atoms with Crippen LogP contribution in [0, 0.1) is 5.92 Å². The highest BCUT2D eigenvalue weighted by Gasteiger charge is 2.33. The molecule has 2 atom stereocenters. The molecule has 0 aliphatic carbocycles. The van der Waals surface area contributed by atoms with Crippen molar-refractivity contribution in [3.63, 3.8) is 0 Å². The maximum atomic E-state index is 9.91. The minimum atomic E-state index is -0.318. The molecule has 2 saturated heterocycles. The average molecular weight is 292 g/mol. The fourth-order valence-corrected chi connectivity index (χ4v) is 3.31. The summed E-state index contributed by atoms with van der Waals surface area (Å²) in [6, 6.07) is 2.22. The van der Waals surface area contributed by atoms with E-state index < -0.39 is 0 Å². The lowest BCUT2D eigenvalue weighted by molar-refractivity contribution is 0.0586. The molecular formula is C15H24N4O2. The SMILES string of the molecule is CNc1cc(CC2CCN([C@H]3COC[C@@H]3O)CC2)ncn1. The standard InChI is InChI=1S/C15H24N4O2/c1-16-15-7-12(17-10-18-15)6-11-2-4-19(5-3-11)13-8-21-9-14(13)20/h7,10-11,13-14,20H,2-6,8-9H2,1H3,(H,16,17,18)/t13-,14-/m0/s1. The zero-order valence-corrected chi connectivity index (χ0v) is 12.5. The van der Waals surface area contributed by atoms with E-state index in [4.69, 9.17) is 4.74 Å². The molecule has 0 aromatic carbocycles. The largest absolute Gasteiger partial charge is 0.389 e.